The first-order valence-electron chi connectivity index (χ1n) is 6.95. The Morgan fingerprint density at radius 1 is 1.63 bits per heavy atom. The fourth-order valence-electron chi connectivity index (χ4n) is 2.83. The van der Waals surface area contributed by atoms with Gasteiger partial charge >= 0.3 is 0 Å². The van der Waals surface area contributed by atoms with Crippen LogP contribution >= 0.6 is 0 Å². The zero-order valence-electron chi connectivity index (χ0n) is 11.6. The largest absolute Gasteiger partial charge is 0.394 e. The molecule has 1 fully saturated rings. The number of ether oxygens (including phenoxy) is 1. The predicted molar refractivity (Wildman–Crippen MR) is 69.2 cm³/mol. The van der Waals surface area contributed by atoms with Crippen LogP contribution in [0.15, 0.2) is 4.52 Å². The molecule has 1 heterocycles. The molecule has 3 N–H and O–H groups in total. The van der Waals surface area contributed by atoms with Gasteiger partial charge < -0.3 is 20.1 Å². The van der Waals surface area contributed by atoms with E-state index in [0.29, 0.717) is 18.3 Å². The summed E-state index contributed by atoms with van der Waals surface area (Å²) in [5.41, 5.74) is 5.24. The smallest absolute Gasteiger partial charge is 0.246 e. The molecular weight excluding hydrogens is 246 g/mol. The summed E-state index contributed by atoms with van der Waals surface area (Å²) in [6, 6.07) is -0.624. The number of hydrogen-bond donors (Lipinski definition) is 2. The molecule has 108 valence electrons. The maximum Gasteiger partial charge on any atom is 0.246 e. The van der Waals surface area contributed by atoms with Crippen LogP contribution in [-0.4, -0.2) is 28.5 Å². The topological polar surface area (TPSA) is 94.4 Å². The van der Waals surface area contributed by atoms with E-state index in [9.17, 15) is 0 Å². The Kier molecular flexibility index (Phi) is 4.54. The van der Waals surface area contributed by atoms with Crippen molar-refractivity contribution in [3.05, 3.63) is 11.7 Å². The van der Waals surface area contributed by atoms with Gasteiger partial charge in [-0.1, -0.05) is 18.5 Å². The molecule has 2 rings (SSSR count). The first-order chi connectivity index (χ1) is 9.11. The molecule has 0 aromatic carbocycles. The average molecular weight is 269 g/mol. The van der Waals surface area contributed by atoms with Crippen LogP contribution in [0, 0.1) is 5.92 Å². The monoisotopic (exact) mass is 269 g/mol. The van der Waals surface area contributed by atoms with Crippen LogP contribution < -0.4 is 5.73 Å². The van der Waals surface area contributed by atoms with E-state index in [2.05, 4.69) is 17.1 Å². The molecule has 1 aliphatic rings. The molecule has 0 aliphatic heterocycles. The third-order valence-corrected chi connectivity index (χ3v) is 3.74. The Morgan fingerprint density at radius 3 is 3.05 bits per heavy atom. The minimum atomic E-state index is -0.624. The van der Waals surface area contributed by atoms with Crippen molar-refractivity contribution in [2.24, 2.45) is 11.7 Å². The van der Waals surface area contributed by atoms with Crippen molar-refractivity contribution in [2.75, 3.05) is 13.2 Å². The number of hydrogen-bond acceptors (Lipinski definition) is 6. The molecule has 1 aromatic rings. The van der Waals surface area contributed by atoms with Crippen molar-refractivity contribution in [3.8, 4) is 0 Å². The summed E-state index contributed by atoms with van der Waals surface area (Å²) in [6.07, 6.45) is 4.10. The van der Waals surface area contributed by atoms with E-state index in [1.807, 2.05) is 6.92 Å². The van der Waals surface area contributed by atoms with E-state index in [1.54, 1.807) is 0 Å². The number of nitrogens with two attached hydrogens (primary N) is 1. The second-order valence-corrected chi connectivity index (χ2v) is 5.37. The fraction of sp³-hybridized carbons (Fsp3) is 0.846. The van der Waals surface area contributed by atoms with Gasteiger partial charge in [0.15, 0.2) is 0 Å². The Morgan fingerprint density at radius 2 is 2.42 bits per heavy atom. The highest BCUT2D eigenvalue weighted by Gasteiger charge is 2.41. The Bertz CT molecular complexity index is 406. The van der Waals surface area contributed by atoms with Crippen molar-refractivity contribution >= 4 is 0 Å². The lowest BCUT2D eigenvalue weighted by atomic mass is 9.78. The first-order valence-corrected chi connectivity index (χ1v) is 6.95. The molecule has 0 radical (unpaired) electrons. The van der Waals surface area contributed by atoms with Crippen LogP contribution in [0.1, 0.15) is 57.3 Å². The van der Waals surface area contributed by atoms with Crippen molar-refractivity contribution in [1.29, 1.82) is 0 Å². The van der Waals surface area contributed by atoms with Gasteiger partial charge in [0, 0.05) is 6.61 Å². The molecule has 1 aliphatic carbocycles. The van der Waals surface area contributed by atoms with Crippen molar-refractivity contribution < 1.29 is 14.4 Å². The van der Waals surface area contributed by atoms with Gasteiger partial charge in [-0.25, -0.2) is 0 Å². The summed E-state index contributed by atoms with van der Waals surface area (Å²) >= 11 is 0. The fourth-order valence-corrected chi connectivity index (χ4v) is 2.83. The van der Waals surface area contributed by atoms with E-state index < -0.39 is 11.6 Å². The number of aliphatic hydroxyl groups is 1. The van der Waals surface area contributed by atoms with Gasteiger partial charge in [-0.3, -0.25) is 0 Å². The zero-order valence-corrected chi connectivity index (χ0v) is 11.6. The Labute approximate surface area is 113 Å². The van der Waals surface area contributed by atoms with Gasteiger partial charge in [0.1, 0.15) is 11.6 Å². The highest BCUT2D eigenvalue weighted by molar-refractivity contribution is 5.05. The van der Waals surface area contributed by atoms with Gasteiger partial charge in [-0.15, -0.1) is 0 Å². The number of nitrogens with zero attached hydrogens (tertiary/aromatic N) is 2. The molecule has 6 nitrogen and oxygen atoms in total. The molecule has 0 amide bonds. The van der Waals surface area contributed by atoms with Gasteiger partial charge in [0.2, 0.25) is 11.7 Å². The standard InChI is InChI=1S/C13H23N3O3/c1-3-18-13(6-4-5-9(2)7-13)12-15-11(19-16-12)10(14)8-17/h9-10,17H,3-8,14H2,1-2H3/t9?,10-,13?/m1/s1. The summed E-state index contributed by atoms with van der Waals surface area (Å²) in [5.74, 6) is 1.42. The van der Waals surface area contributed by atoms with Crippen LogP contribution in [-0.2, 0) is 10.3 Å². The number of aliphatic hydroxyl groups excluding tert-OH is 1. The van der Waals surface area contributed by atoms with E-state index >= 15 is 0 Å². The van der Waals surface area contributed by atoms with Crippen LogP contribution in [0.25, 0.3) is 0 Å². The second kappa shape index (κ2) is 5.98. The van der Waals surface area contributed by atoms with Gasteiger partial charge in [-0.05, 0) is 32.1 Å². The Hall–Kier alpha value is -0.980. The highest BCUT2D eigenvalue weighted by Crippen LogP contribution is 2.41. The molecule has 2 unspecified atom stereocenters. The third kappa shape index (κ3) is 2.96. The summed E-state index contributed by atoms with van der Waals surface area (Å²) in [6.45, 7) is 4.59. The maximum atomic E-state index is 9.03. The van der Waals surface area contributed by atoms with Crippen molar-refractivity contribution in [2.45, 2.75) is 51.2 Å². The molecule has 1 saturated carbocycles. The second-order valence-electron chi connectivity index (χ2n) is 5.37. The van der Waals surface area contributed by atoms with Gasteiger partial charge in [0.05, 0.1) is 6.61 Å². The van der Waals surface area contributed by atoms with Crippen molar-refractivity contribution in [1.82, 2.24) is 10.1 Å². The van der Waals surface area contributed by atoms with E-state index in [0.717, 1.165) is 19.3 Å². The zero-order chi connectivity index (χ0) is 13.9. The van der Waals surface area contributed by atoms with E-state index in [4.69, 9.17) is 20.1 Å². The van der Waals surface area contributed by atoms with Crippen LogP contribution in [0.3, 0.4) is 0 Å². The number of aromatic nitrogens is 2. The minimum Gasteiger partial charge on any atom is -0.394 e. The molecule has 0 saturated heterocycles. The predicted octanol–water partition coefficient (Wildman–Crippen LogP) is 1.50. The molecule has 0 bridgehead atoms. The summed E-state index contributed by atoms with van der Waals surface area (Å²) in [5, 5.41) is 13.1. The van der Waals surface area contributed by atoms with Crippen LogP contribution in [0.5, 0.6) is 0 Å². The summed E-state index contributed by atoms with van der Waals surface area (Å²) in [7, 11) is 0. The SMILES string of the molecule is CCOC1(c2noc([C@H](N)CO)n2)CCCC(C)C1. The molecule has 19 heavy (non-hydrogen) atoms. The number of rotatable bonds is 5. The average Bonchev–Trinajstić information content (AvgIpc) is 2.88. The van der Waals surface area contributed by atoms with Gasteiger partial charge in [0.25, 0.3) is 0 Å². The molecule has 6 heteroatoms. The molecular formula is C13H23N3O3. The van der Waals surface area contributed by atoms with Crippen LogP contribution in [0.4, 0.5) is 0 Å². The summed E-state index contributed by atoms with van der Waals surface area (Å²) < 4.78 is 11.1. The molecule has 3 atom stereocenters. The maximum absolute atomic E-state index is 9.03. The quantitative estimate of drug-likeness (QED) is 0.841. The summed E-state index contributed by atoms with van der Waals surface area (Å²) in [4.78, 5) is 4.34. The van der Waals surface area contributed by atoms with Gasteiger partial charge in [-0.2, -0.15) is 4.98 Å². The van der Waals surface area contributed by atoms with E-state index in [-0.39, 0.29) is 12.5 Å². The van der Waals surface area contributed by atoms with Crippen LogP contribution in [0.2, 0.25) is 0 Å². The normalized spacial score (nSPS) is 29.4. The first kappa shape index (κ1) is 14.4. The third-order valence-electron chi connectivity index (χ3n) is 3.74. The lowest BCUT2D eigenvalue weighted by Crippen LogP contribution is -2.36. The minimum absolute atomic E-state index is 0.209. The van der Waals surface area contributed by atoms with E-state index in [1.165, 1.54) is 6.42 Å². The highest BCUT2D eigenvalue weighted by atomic mass is 16.5. The molecule has 1 aromatic heterocycles. The Balaban J connectivity index is 2.25. The van der Waals surface area contributed by atoms with Crippen molar-refractivity contribution in [3.63, 3.8) is 0 Å². The lowest BCUT2D eigenvalue weighted by Gasteiger charge is -2.37. The lowest BCUT2D eigenvalue weighted by molar-refractivity contribution is -0.0891. The molecule has 0 spiro atoms.